The molecule has 6 nitrogen and oxygen atoms in total. The number of nitrogens with zero attached hydrogens (tertiary/aromatic N) is 3. The van der Waals surface area contributed by atoms with Gasteiger partial charge in [0.15, 0.2) is 0 Å². The Morgan fingerprint density at radius 1 is 1.00 bits per heavy atom. The Morgan fingerprint density at radius 3 is 2.33 bits per heavy atom. The smallest absolute Gasteiger partial charge is 0.282 e. The second kappa shape index (κ2) is 9.69. The lowest BCUT2D eigenvalue weighted by molar-refractivity contribution is -0.120. The molecule has 2 aliphatic heterocycles. The lowest BCUT2D eigenvalue weighted by Gasteiger charge is -2.32. The number of amides is 2. The standard InChI is InChI=1S/C27H33N3O3/c1-5-17-33-23-11-9-20(10-12-23)24-25(29-15-13-19(2)14-16-29)27(32)30(26(24)31)22-8-6-7-21(18-22)28(3)4/h6-12,18-19H,5,13-17H2,1-4H3. The summed E-state index contributed by atoms with van der Waals surface area (Å²) in [4.78, 5) is 32.9. The molecule has 2 heterocycles. The summed E-state index contributed by atoms with van der Waals surface area (Å²) in [5, 5.41) is 0. The van der Waals surface area contributed by atoms with Crippen LogP contribution in [-0.4, -0.2) is 50.5 Å². The second-order valence-corrected chi connectivity index (χ2v) is 9.13. The Balaban J connectivity index is 1.74. The number of benzene rings is 2. The first kappa shape index (κ1) is 22.9. The number of piperidine rings is 1. The van der Waals surface area contributed by atoms with E-state index in [1.54, 1.807) is 0 Å². The van der Waals surface area contributed by atoms with Crippen LogP contribution in [0.4, 0.5) is 11.4 Å². The summed E-state index contributed by atoms with van der Waals surface area (Å²) in [7, 11) is 3.89. The molecule has 0 N–H and O–H groups in total. The quantitative estimate of drug-likeness (QED) is 0.583. The van der Waals surface area contributed by atoms with Crippen molar-refractivity contribution in [3.63, 3.8) is 0 Å². The number of anilines is 2. The predicted octanol–water partition coefficient (Wildman–Crippen LogP) is 4.56. The third kappa shape index (κ3) is 4.61. The summed E-state index contributed by atoms with van der Waals surface area (Å²) in [5.74, 6) is 0.876. The molecule has 0 aromatic heterocycles. The molecule has 2 aromatic rings. The second-order valence-electron chi connectivity index (χ2n) is 9.13. The van der Waals surface area contributed by atoms with E-state index < -0.39 is 0 Å². The van der Waals surface area contributed by atoms with Gasteiger partial charge >= 0.3 is 0 Å². The number of carbonyl (C=O) groups excluding carboxylic acids is 2. The van der Waals surface area contributed by atoms with Gasteiger partial charge in [-0.15, -0.1) is 0 Å². The number of rotatable bonds is 7. The molecular formula is C27H33N3O3. The summed E-state index contributed by atoms with van der Waals surface area (Å²) in [6.07, 6.45) is 2.95. The number of carbonyl (C=O) groups is 2. The minimum Gasteiger partial charge on any atom is -0.494 e. The maximum atomic E-state index is 13.7. The van der Waals surface area contributed by atoms with E-state index in [2.05, 4.69) is 18.7 Å². The molecule has 2 aromatic carbocycles. The van der Waals surface area contributed by atoms with Crippen LogP contribution in [0.25, 0.3) is 5.57 Å². The Hall–Kier alpha value is -3.28. The van der Waals surface area contributed by atoms with Gasteiger partial charge in [-0.25, -0.2) is 4.90 Å². The number of ether oxygens (including phenoxy) is 1. The first-order valence-electron chi connectivity index (χ1n) is 11.8. The van der Waals surface area contributed by atoms with Gasteiger partial charge in [-0.3, -0.25) is 9.59 Å². The first-order valence-corrected chi connectivity index (χ1v) is 11.8. The van der Waals surface area contributed by atoms with E-state index in [9.17, 15) is 9.59 Å². The fourth-order valence-corrected chi connectivity index (χ4v) is 4.39. The maximum Gasteiger partial charge on any atom is 0.282 e. The lowest BCUT2D eigenvalue weighted by Crippen LogP contribution is -2.38. The molecule has 0 unspecified atom stereocenters. The summed E-state index contributed by atoms with van der Waals surface area (Å²) in [5.41, 5.74) is 3.28. The van der Waals surface area contributed by atoms with Crippen molar-refractivity contribution in [2.75, 3.05) is 43.6 Å². The van der Waals surface area contributed by atoms with Crippen molar-refractivity contribution in [3.8, 4) is 5.75 Å². The topological polar surface area (TPSA) is 53.1 Å². The summed E-state index contributed by atoms with van der Waals surface area (Å²) in [6.45, 7) is 6.51. The van der Waals surface area contributed by atoms with Gasteiger partial charge in [-0.05, 0) is 61.1 Å². The van der Waals surface area contributed by atoms with E-state index >= 15 is 0 Å². The largest absolute Gasteiger partial charge is 0.494 e. The predicted molar refractivity (Wildman–Crippen MR) is 132 cm³/mol. The number of hydrogen-bond acceptors (Lipinski definition) is 5. The van der Waals surface area contributed by atoms with Crippen molar-refractivity contribution < 1.29 is 14.3 Å². The highest BCUT2D eigenvalue weighted by atomic mass is 16.5. The maximum absolute atomic E-state index is 13.7. The molecule has 174 valence electrons. The van der Waals surface area contributed by atoms with Crippen molar-refractivity contribution in [2.45, 2.75) is 33.1 Å². The zero-order chi connectivity index (χ0) is 23.5. The zero-order valence-electron chi connectivity index (χ0n) is 20.0. The molecule has 0 spiro atoms. The van der Waals surface area contributed by atoms with Crippen LogP contribution in [0.15, 0.2) is 54.2 Å². The van der Waals surface area contributed by atoms with E-state index in [1.807, 2.05) is 67.5 Å². The fourth-order valence-electron chi connectivity index (χ4n) is 4.39. The minimum absolute atomic E-state index is 0.244. The van der Waals surface area contributed by atoms with Gasteiger partial charge in [0, 0.05) is 32.9 Å². The van der Waals surface area contributed by atoms with Gasteiger partial charge in [0.1, 0.15) is 11.4 Å². The Kier molecular flexibility index (Phi) is 6.72. The Labute approximate surface area is 196 Å². The molecule has 0 saturated carbocycles. The Bertz CT molecular complexity index is 1050. The van der Waals surface area contributed by atoms with Crippen LogP contribution in [0.5, 0.6) is 5.75 Å². The van der Waals surface area contributed by atoms with Crippen molar-refractivity contribution in [1.82, 2.24) is 4.90 Å². The van der Waals surface area contributed by atoms with E-state index in [0.717, 1.165) is 49.4 Å². The zero-order valence-corrected chi connectivity index (χ0v) is 20.0. The molecule has 2 aliphatic rings. The summed E-state index contributed by atoms with van der Waals surface area (Å²) < 4.78 is 5.71. The van der Waals surface area contributed by atoms with Gasteiger partial charge in [0.05, 0.1) is 17.9 Å². The normalized spacial score (nSPS) is 17.2. The summed E-state index contributed by atoms with van der Waals surface area (Å²) >= 11 is 0. The van der Waals surface area contributed by atoms with Crippen LogP contribution in [0, 0.1) is 5.92 Å². The third-order valence-corrected chi connectivity index (χ3v) is 6.38. The van der Waals surface area contributed by atoms with Gasteiger partial charge in [0.25, 0.3) is 11.8 Å². The van der Waals surface area contributed by atoms with Crippen LogP contribution in [0.2, 0.25) is 0 Å². The van der Waals surface area contributed by atoms with Gasteiger partial charge in [-0.1, -0.05) is 32.0 Å². The van der Waals surface area contributed by atoms with Crippen LogP contribution < -0.4 is 14.5 Å². The van der Waals surface area contributed by atoms with Crippen LogP contribution in [0.1, 0.15) is 38.7 Å². The minimum atomic E-state index is -0.272. The molecule has 1 fully saturated rings. The fraction of sp³-hybridized carbons (Fsp3) is 0.407. The molecule has 0 atom stereocenters. The Morgan fingerprint density at radius 2 is 1.70 bits per heavy atom. The van der Waals surface area contributed by atoms with Gasteiger partial charge in [-0.2, -0.15) is 0 Å². The van der Waals surface area contributed by atoms with Crippen molar-refractivity contribution in [1.29, 1.82) is 0 Å². The van der Waals surface area contributed by atoms with E-state index in [4.69, 9.17) is 4.74 Å². The molecular weight excluding hydrogens is 414 g/mol. The van der Waals surface area contributed by atoms with Crippen molar-refractivity contribution in [2.24, 2.45) is 5.92 Å². The van der Waals surface area contributed by atoms with Crippen LogP contribution in [0.3, 0.4) is 0 Å². The highest BCUT2D eigenvalue weighted by Crippen LogP contribution is 2.37. The molecule has 1 saturated heterocycles. The monoisotopic (exact) mass is 447 g/mol. The molecule has 0 aliphatic carbocycles. The van der Waals surface area contributed by atoms with Gasteiger partial charge < -0.3 is 14.5 Å². The lowest BCUT2D eigenvalue weighted by atomic mass is 9.97. The van der Waals surface area contributed by atoms with Crippen molar-refractivity contribution >= 4 is 28.8 Å². The van der Waals surface area contributed by atoms with E-state index in [1.165, 1.54) is 4.90 Å². The SMILES string of the molecule is CCCOc1ccc(C2=C(N3CCC(C)CC3)C(=O)N(c3cccc(N(C)C)c3)C2=O)cc1. The van der Waals surface area contributed by atoms with E-state index in [0.29, 0.717) is 29.5 Å². The van der Waals surface area contributed by atoms with Crippen LogP contribution >= 0.6 is 0 Å². The highest BCUT2D eigenvalue weighted by Gasteiger charge is 2.43. The van der Waals surface area contributed by atoms with E-state index in [-0.39, 0.29) is 11.8 Å². The average Bonchev–Trinajstić information content (AvgIpc) is 3.08. The third-order valence-electron chi connectivity index (χ3n) is 6.38. The molecule has 4 rings (SSSR count). The first-order chi connectivity index (χ1) is 15.9. The number of likely N-dealkylation sites (tertiary alicyclic amines) is 1. The number of hydrogen-bond donors (Lipinski definition) is 0. The molecule has 33 heavy (non-hydrogen) atoms. The molecule has 2 amide bonds. The highest BCUT2D eigenvalue weighted by molar-refractivity contribution is 6.45. The van der Waals surface area contributed by atoms with Crippen LogP contribution in [-0.2, 0) is 9.59 Å². The van der Waals surface area contributed by atoms with Crippen molar-refractivity contribution in [3.05, 3.63) is 59.8 Å². The summed E-state index contributed by atoms with van der Waals surface area (Å²) in [6, 6.07) is 15.1. The molecule has 6 heteroatoms. The average molecular weight is 448 g/mol. The molecule has 0 radical (unpaired) electrons. The van der Waals surface area contributed by atoms with Gasteiger partial charge in [0.2, 0.25) is 0 Å². The number of imide groups is 1. The molecule has 0 bridgehead atoms.